The fraction of sp³-hybridized carbons (Fsp3) is 0. The molecule has 0 saturated carbocycles. The monoisotopic (exact) mass is 393 g/mol. The normalized spacial score (nSPS) is 10.3. The third kappa shape index (κ3) is 2.79. The number of H-pyrrole nitrogens is 1. The molecular weight excluding hydrogens is 390 g/mol. The van der Waals surface area contributed by atoms with Crippen molar-refractivity contribution < 1.29 is 14.7 Å². The van der Waals surface area contributed by atoms with Crippen LogP contribution in [0.15, 0.2) is 19.7 Å². The summed E-state index contributed by atoms with van der Waals surface area (Å²) in [5.41, 5.74) is 0.364. The summed E-state index contributed by atoms with van der Waals surface area (Å²) in [6.07, 6.45) is 0. The molecule has 6 nitrogen and oxygen atoms in total. The zero-order valence-corrected chi connectivity index (χ0v) is 12.5. The van der Waals surface area contributed by atoms with Gasteiger partial charge in [-0.25, -0.2) is 4.79 Å². The van der Waals surface area contributed by atoms with Gasteiger partial charge in [-0.3, -0.25) is 9.89 Å². The number of anilines is 1. The highest BCUT2D eigenvalue weighted by atomic mass is 79.9. The minimum Gasteiger partial charge on any atom is -0.477 e. The Balaban J connectivity index is 2.16. The molecule has 0 aromatic carbocycles. The lowest BCUT2D eigenvalue weighted by atomic mass is 10.3. The molecule has 18 heavy (non-hydrogen) atoms. The molecule has 9 heteroatoms. The van der Waals surface area contributed by atoms with Crippen LogP contribution in [0.25, 0.3) is 0 Å². The molecule has 2 heterocycles. The number of amides is 1. The van der Waals surface area contributed by atoms with Crippen LogP contribution in [-0.4, -0.2) is 27.2 Å². The van der Waals surface area contributed by atoms with Crippen LogP contribution >= 0.6 is 43.2 Å². The van der Waals surface area contributed by atoms with Gasteiger partial charge in [0, 0.05) is 6.07 Å². The first-order chi connectivity index (χ1) is 8.47. The van der Waals surface area contributed by atoms with E-state index in [-0.39, 0.29) is 17.4 Å². The first-order valence-electron chi connectivity index (χ1n) is 4.52. The highest BCUT2D eigenvalue weighted by Crippen LogP contribution is 2.32. The number of hydrogen-bond donors (Lipinski definition) is 3. The average molecular weight is 395 g/mol. The number of aromatic carboxylic acids is 1. The van der Waals surface area contributed by atoms with E-state index in [9.17, 15) is 9.59 Å². The van der Waals surface area contributed by atoms with E-state index >= 15 is 0 Å². The second-order valence-corrected chi connectivity index (χ2v) is 6.91. The van der Waals surface area contributed by atoms with Crippen LogP contribution in [0, 0.1) is 0 Å². The number of carbonyl (C=O) groups excluding carboxylic acids is 1. The molecule has 0 bridgehead atoms. The number of carboxylic acids is 1. The number of hydrogen-bond acceptors (Lipinski definition) is 4. The Morgan fingerprint density at radius 3 is 2.61 bits per heavy atom. The number of carboxylic acid groups (broad SMARTS) is 1. The molecule has 0 aliphatic rings. The molecule has 1 amide bonds. The van der Waals surface area contributed by atoms with Crippen LogP contribution in [0.4, 0.5) is 5.82 Å². The molecular formula is C9H5Br2N3O3S. The van der Waals surface area contributed by atoms with Gasteiger partial charge < -0.3 is 10.4 Å². The fourth-order valence-electron chi connectivity index (χ4n) is 1.17. The molecule has 0 spiro atoms. The number of halogens is 2. The Hall–Kier alpha value is -1.19. The topological polar surface area (TPSA) is 95.1 Å². The Labute approximate surface area is 122 Å². The smallest absolute Gasteiger partial charge is 0.353 e. The maximum atomic E-state index is 11.9. The Morgan fingerprint density at radius 2 is 2.11 bits per heavy atom. The Bertz CT molecular complexity index is 622. The largest absolute Gasteiger partial charge is 0.477 e. The second-order valence-electron chi connectivity index (χ2n) is 3.16. The standard InChI is InChI=1S/C9H5Br2N3O3S/c10-5-1-3(7(11)18-5)8(15)12-6-2-4(9(16)17)13-14-6/h1-2H,(H,16,17)(H2,12,13,14,15). The van der Waals surface area contributed by atoms with Crippen molar-refractivity contribution in [3.8, 4) is 0 Å². The van der Waals surface area contributed by atoms with E-state index < -0.39 is 5.97 Å². The van der Waals surface area contributed by atoms with Crippen molar-refractivity contribution in [2.24, 2.45) is 0 Å². The summed E-state index contributed by atoms with van der Waals surface area (Å²) >= 11 is 7.90. The molecule has 0 saturated heterocycles. The van der Waals surface area contributed by atoms with E-state index in [1.54, 1.807) is 6.07 Å². The van der Waals surface area contributed by atoms with E-state index in [0.29, 0.717) is 9.35 Å². The molecule has 0 fully saturated rings. The molecule has 2 aromatic rings. The maximum absolute atomic E-state index is 11.9. The van der Waals surface area contributed by atoms with Gasteiger partial charge in [0.2, 0.25) is 0 Å². The molecule has 0 radical (unpaired) electrons. The predicted molar refractivity (Wildman–Crippen MR) is 73.2 cm³/mol. The number of thiophene rings is 1. The van der Waals surface area contributed by atoms with Crippen molar-refractivity contribution in [3.63, 3.8) is 0 Å². The molecule has 2 rings (SSSR count). The quantitative estimate of drug-likeness (QED) is 0.745. The number of aromatic amines is 1. The number of nitrogens with zero attached hydrogens (tertiary/aromatic N) is 1. The van der Waals surface area contributed by atoms with Gasteiger partial charge in [0.1, 0.15) is 5.69 Å². The number of carbonyl (C=O) groups is 2. The molecule has 0 unspecified atom stereocenters. The highest BCUT2D eigenvalue weighted by molar-refractivity contribution is 9.12. The van der Waals surface area contributed by atoms with Gasteiger partial charge >= 0.3 is 5.97 Å². The van der Waals surface area contributed by atoms with Crippen LogP contribution in [0.1, 0.15) is 20.8 Å². The third-order valence-electron chi connectivity index (χ3n) is 1.95. The van der Waals surface area contributed by atoms with E-state index in [0.717, 1.165) is 3.79 Å². The third-order valence-corrected chi connectivity index (χ3v) is 4.29. The van der Waals surface area contributed by atoms with Crippen LogP contribution in [0.5, 0.6) is 0 Å². The molecule has 0 aliphatic heterocycles. The van der Waals surface area contributed by atoms with Gasteiger partial charge in [-0.05, 0) is 37.9 Å². The van der Waals surface area contributed by atoms with E-state index in [4.69, 9.17) is 5.11 Å². The summed E-state index contributed by atoms with van der Waals surface area (Å²) in [4.78, 5) is 22.5. The predicted octanol–water partition coefficient (Wildman–Crippen LogP) is 2.95. The second kappa shape index (κ2) is 5.21. The lowest BCUT2D eigenvalue weighted by Crippen LogP contribution is -2.11. The Kier molecular flexibility index (Phi) is 3.83. The highest BCUT2D eigenvalue weighted by Gasteiger charge is 2.16. The maximum Gasteiger partial charge on any atom is 0.353 e. The summed E-state index contributed by atoms with van der Waals surface area (Å²) < 4.78 is 1.49. The SMILES string of the molecule is O=C(O)c1cc(NC(=O)c2cc(Br)sc2Br)n[nH]1. The van der Waals surface area contributed by atoms with Crippen molar-refractivity contribution >= 4 is 60.9 Å². The van der Waals surface area contributed by atoms with Crippen molar-refractivity contribution in [3.05, 3.63) is 31.0 Å². The summed E-state index contributed by atoms with van der Waals surface area (Å²) in [7, 11) is 0. The molecule has 2 aromatic heterocycles. The fourth-order valence-corrected chi connectivity index (χ4v) is 3.97. The van der Waals surface area contributed by atoms with Crippen LogP contribution in [0.2, 0.25) is 0 Å². The van der Waals surface area contributed by atoms with Crippen LogP contribution in [-0.2, 0) is 0 Å². The van der Waals surface area contributed by atoms with Crippen molar-refractivity contribution in [2.75, 3.05) is 5.32 Å². The summed E-state index contributed by atoms with van der Waals surface area (Å²) in [5.74, 6) is -1.35. The number of nitrogens with one attached hydrogen (secondary N) is 2. The lowest BCUT2D eigenvalue weighted by molar-refractivity contribution is 0.0690. The number of aromatic nitrogens is 2. The van der Waals surface area contributed by atoms with Crippen molar-refractivity contribution in [1.82, 2.24) is 10.2 Å². The van der Waals surface area contributed by atoms with Crippen LogP contribution < -0.4 is 5.32 Å². The van der Waals surface area contributed by atoms with Gasteiger partial charge in [-0.2, -0.15) is 5.10 Å². The average Bonchev–Trinajstić information content (AvgIpc) is 2.85. The first kappa shape index (κ1) is 13.2. The minimum absolute atomic E-state index is 0.0872. The van der Waals surface area contributed by atoms with Gasteiger partial charge in [-0.15, -0.1) is 11.3 Å². The first-order valence-corrected chi connectivity index (χ1v) is 6.92. The van der Waals surface area contributed by atoms with Gasteiger partial charge in [0.25, 0.3) is 5.91 Å². The molecule has 0 atom stereocenters. The van der Waals surface area contributed by atoms with Gasteiger partial charge in [0.15, 0.2) is 5.82 Å². The lowest BCUT2D eigenvalue weighted by Gasteiger charge is -1.99. The zero-order valence-electron chi connectivity index (χ0n) is 8.53. The van der Waals surface area contributed by atoms with Gasteiger partial charge in [0.05, 0.1) is 13.1 Å². The van der Waals surface area contributed by atoms with Crippen LogP contribution in [0.3, 0.4) is 0 Å². The van der Waals surface area contributed by atoms with Crippen molar-refractivity contribution in [1.29, 1.82) is 0 Å². The Morgan fingerprint density at radius 1 is 1.39 bits per heavy atom. The van der Waals surface area contributed by atoms with E-state index in [1.807, 2.05) is 0 Å². The van der Waals surface area contributed by atoms with E-state index in [2.05, 4.69) is 47.4 Å². The summed E-state index contributed by atoms with van der Waals surface area (Å²) in [5, 5.41) is 17.2. The minimum atomic E-state index is -1.14. The molecule has 0 aliphatic carbocycles. The van der Waals surface area contributed by atoms with Crippen molar-refractivity contribution in [2.45, 2.75) is 0 Å². The zero-order chi connectivity index (χ0) is 13.3. The summed E-state index contributed by atoms with van der Waals surface area (Å²) in [6, 6.07) is 2.91. The summed E-state index contributed by atoms with van der Waals surface area (Å²) in [6.45, 7) is 0. The van der Waals surface area contributed by atoms with Gasteiger partial charge in [-0.1, -0.05) is 0 Å². The van der Waals surface area contributed by atoms with E-state index in [1.165, 1.54) is 17.4 Å². The molecule has 3 N–H and O–H groups in total. The molecule has 94 valence electrons. The number of rotatable bonds is 3.